The van der Waals surface area contributed by atoms with Crippen LogP contribution in [-0.4, -0.2) is 57.9 Å². The molecule has 0 aromatic rings. The molecule has 0 amide bonds. The maximum atomic E-state index is 11.7. The predicted molar refractivity (Wildman–Crippen MR) is 78.2 cm³/mol. The van der Waals surface area contributed by atoms with Crippen LogP contribution in [0.15, 0.2) is 0 Å². The van der Waals surface area contributed by atoms with Crippen molar-refractivity contribution in [3.8, 4) is 0 Å². The van der Waals surface area contributed by atoms with Gasteiger partial charge < -0.3 is 9.53 Å². The highest BCUT2D eigenvalue weighted by Gasteiger charge is 2.40. The van der Waals surface area contributed by atoms with Crippen molar-refractivity contribution in [2.24, 2.45) is 0 Å². The van der Waals surface area contributed by atoms with Gasteiger partial charge in [0, 0.05) is 19.7 Å². The van der Waals surface area contributed by atoms with Crippen molar-refractivity contribution < 1.29 is 22.7 Å². The Morgan fingerprint density at radius 2 is 2.00 bits per heavy atom. The van der Waals surface area contributed by atoms with Gasteiger partial charge in [-0.2, -0.15) is 17.4 Å². The van der Waals surface area contributed by atoms with Gasteiger partial charge in [0.1, 0.15) is 6.04 Å². The molecule has 0 aromatic carbocycles. The Bertz CT molecular complexity index is 472. The van der Waals surface area contributed by atoms with E-state index in [1.807, 2.05) is 0 Å². The van der Waals surface area contributed by atoms with E-state index in [4.69, 9.17) is 9.53 Å². The Labute approximate surface area is 121 Å². The molecule has 0 spiro atoms. The van der Waals surface area contributed by atoms with E-state index in [9.17, 15) is 13.2 Å². The lowest BCUT2D eigenvalue weighted by atomic mass is 10.2. The van der Waals surface area contributed by atoms with E-state index in [2.05, 4.69) is 38.6 Å². The molecular formula is C11H24N2O5SSi. The normalized spacial score (nSPS) is 23.9. The molecule has 0 saturated carbocycles. The molecule has 1 fully saturated rings. The zero-order chi connectivity index (χ0) is 15.8. The highest BCUT2D eigenvalue weighted by molar-refractivity contribution is 7.87. The molecule has 1 saturated heterocycles. The fourth-order valence-electron chi connectivity index (χ4n) is 1.55. The van der Waals surface area contributed by atoms with Crippen molar-refractivity contribution in [3.63, 3.8) is 0 Å². The number of aliphatic carboxylic acids is 1. The summed E-state index contributed by atoms with van der Waals surface area (Å²) in [6.07, 6.45) is 0. The van der Waals surface area contributed by atoms with Gasteiger partial charge in [-0.25, -0.2) is 0 Å². The highest BCUT2D eigenvalue weighted by atomic mass is 32.2. The quantitative estimate of drug-likeness (QED) is 0.722. The van der Waals surface area contributed by atoms with Crippen LogP contribution in [0.1, 0.15) is 20.8 Å². The van der Waals surface area contributed by atoms with Crippen LogP contribution >= 0.6 is 0 Å². The summed E-state index contributed by atoms with van der Waals surface area (Å²) >= 11 is 0. The Balaban J connectivity index is 2.57. The number of carbonyl (C=O) groups is 1. The van der Waals surface area contributed by atoms with Gasteiger partial charge in [0.15, 0.2) is 8.32 Å². The zero-order valence-corrected chi connectivity index (χ0v) is 14.5. The molecule has 20 heavy (non-hydrogen) atoms. The van der Waals surface area contributed by atoms with Gasteiger partial charge >= 0.3 is 5.97 Å². The van der Waals surface area contributed by atoms with Crippen molar-refractivity contribution in [1.82, 2.24) is 9.03 Å². The highest BCUT2D eigenvalue weighted by Crippen LogP contribution is 2.36. The number of hydrogen-bond donors (Lipinski definition) is 2. The SMILES string of the molecule is CC(C)(C)[Si](C)(C)OCCN1C[C@@H](C(=O)O)NS1(=O)=O. The van der Waals surface area contributed by atoms with Crippen LogP contribution in [0.25, 0.3) is 0 Å². The molecular weight excluding hydrogens is 300 g/mol. The van der Waals surface area contributed by atoms with Crippen LogP contribution in [0, 0.1) is 0 Å². The maximum Gasteiger partial charge on any atom is 0.323 e. The number of nitrogens with zero attached hydrogens (tertiary/aromatic N) is 1. The van der Waals surface area contributed by atoms with Crippen molar-refractivity contribution in [2.75, 3.05) is 19.7 Å². The van der Waals surface area contributed by atoms with E-state index in [0.717, 1.165) is 4.31 Å². The van der Waals surface area contributed by atoms with Gasteiger partial charge in [-0.05, 0) is 18.1 Å². The Morgan fingerprint density at radius 1 is 1.45 bits per heavy atom. The van der Waals surface area contributed by atoms with Crippen LogP contribution in [0.2, 0.25) is 18.1 Å². The van der Waals surface area contributed by atoms with Gasteiger partial charge in [0.05, 0.1) is 0 Å². The minimum Gasteiger partial charge on any atom is -0.480 e. The molecule has 0 bridgehead atoms. The van der Waals surface area contributed by atoms with Crippen molar-refractivity contribution >= 4 is 24.5 Å². The first-order chi connectivity index (χ1) is 8.87. The third kappa shape index (κ3) is 4.01. The van der Waals surface area contributed by atoms with Crippen LogP contribution in [0.3, 0.4) is 0 Å². The van der Waals surface area contributed by atoms with E-state index >= 15 is 0 Å². The maximum absolute atomic E-state index is 11.7. The van der Waals surface area contributed by atoms with Gasteiger partial charge in [-0.3, -0.25) is 4.79 Å². The standard InChI is InChI=1S/C11H24N2O5SSi/c1-11(2,3)20(4,5)18-7-6-13-8-9(10(14)15)12-19(13,16)17/h9,12H,6-8H2,1-5H3,(H,14,15)/t9-/m0/s1. The first kappa shape index (κ1) is 17.6. The van der Waals surface area contributed by atoms with Crippen molar-refractivity contribution in [2.45, 2.75) is 44.9 Å². The number of hydrogen-bond acceptors (Lipinski definition) is 4. The van der Waals surface area contributed by atoms with E-state index in [0.29, 0.717) is 0 Å². The van der Waals surface area contributed by atoms with Crippen LogP contribution < -0.4 is 4.72 Å². The van der Waals surface area contributed by atoms with Gasteiger partial charge in [-0.15, -0.1) is 0 Å². The molecule has 118 valence electrons. The van der Waals surface area contributed by atoms with Crippen molar-refractivity contribution in [1.29, 1.82) is 0 Å². The lowest BCUT2D eigenvalue weighted by molar-refractivity contribution is -0.138. The molecule has 7 nitrogen and oxygen atoms in total. The summed E-state index contributed by atoms with van der Waals surface area (Å²) in [6.45, 7) is 10.9. The lowest BCUT2D eigenvalue weighted by Crippen LogP contribution is -2.43. The van der Waals surface area contributed by atoms with Gasteiger partial charge in [0.25, 0.3) is 10.2 Å². The third-order valence-electron chi connectivity index (χ3n) is 3.93. The smallest absolute Gasteiger partial charge is 0.323 e. The second kappa shape index (κ2) is 5.72. The summed E-state index contributed by atoms with van der Waals surface area (Å²) in [4.78, 5) is 10.8. The predicted octanol–water partition coefficient (Wildman–Crippen LogP) is 0.611. The first-order valence-electron chi connectivity index (χ1n) is 6.51. The fraction of sp³-hybridized carbons (Fsp3) is 0.909. The molecule has 1 rings (SSSR count). The van der Waals surface area contributed by atoms with Gasteiger partial charge in [-0.1, -0.05) is 20.8 Å². The van der Waals surface area contributed by atoms with Crippen molar-refractivity contribution in [3.05, 3.63) is 0 Å². The van der Waals surface area contributed by atoms with Crippen LogP contribution in [0.5, 0.6) is 0 Å². The van der Waals surface area contributed by atoms with E-state index in [-0.39, 0.29) is 24.7 Å². The molecule has 0 aliphatic carbocycles. The van der Waals surface area contributed by atoms with E-state index < -0.39 is 30.5 Å². The minimum atomic E-state index is -3.70. The minimum absolute atomic E-state index is 0.0543. The average Bonchev–Trinajstić information content (AvgIpc) is 2.53. The third-order valence-corrected chi connectivity index (χ3v) is 10.1. The molecule has 9 heteroatoms. The Morgan fingerprint density at radius 3 is 2.40 bits per heavy atom. The Kier molecular flexibility index (Phi) is 5.02. The molecule has 1 aliphatic rings. The summed E-state index contributed by atoms with van der Waals surface area (Å²) in [5.41, 5.74) is 0. The molecule has 2 N–H and O–H groups in total. The second-order valence-electron chi connectivity index (χ2n) is 6.48. The molecule has 0 aromatic heterocycles. The monoisotopic (exact) mass is 324 g/mol. The summed E-state index contributed by atoms with van der Waals surface area (Å²) in [5.74, 6) is -1.17. The zero-order valence-electron chi connectivity index (χ0n) is 12.6. The summed E-state index contributed by atoms with van der Waals surface area (Å²) in [6, 6.07) is -1.08. The van der Waals surface area contributed by atoms with E-state index in [1.165, 1.54) is 0 Å². The number of carboxylic acid groups (broad SMARTS) is 1. The topological polar surface area (TPSA) is 95.9 Å². The van der Waals surface area contributed by atoms with E-state index in [1.54, 1.807) is 0 Å². The van der Waals surface area contributed by atoms with Crippen LogP contribution in [0.4, 0.5) is 0 Å². The summed E-state index contributed by atoms with van der Waals surface area (Å²) < 4.78 is 32.6. The fourth-order valence-corrected chi connectivity index (χ4v) is 3.93. The Hall–Kier alpha value is -0.483. The lowest BCUT2D eigenvalue weighted by Gasteiger charge is -2.36. The number of rotatable bonds is 5. The molecule has 0 unspecified atom stereocenters. The number of nitrogens with one attached hydrogen (secondary N) is 1. The molecule has 0 radical (unpaired) electrons. The van der Waals surface area contributed by atoms with Gasteiger partial charge in [0.2, 0.25) is 0 Å². The molecule has 1 aliphatic heterocycles. The summed E-state index contributed by atoms with van der Waals surface area (Å²) in [5, 5.41) is 8.90. The second-order valence-corrected chi connectivity index (χ2v) is 13.0. The molecule has 1 atom stereocenters. The average molecular weight is 324 g/mol. The summed E-state index contributed by atoms with van der Waals surface area (Å²) in [7, 11) is -5.62. The van der Waals surface area contributed by atoms with Crippen LogP contribution in [-0.2, 0) is 19.4 Å². The largest absolute Gasteiger partial charge is 0.480 e. The molecule has 1 heterocycles. The first-order valence-corrected chi connectivity index (χ1v) is 10.9. The number of carboxylic acids is 1.